The maximum Gasteiger partial charge on any atom is 0.307 e. The normalized spacial score (nSPS) is 16.5. The molecule has 1 aliphatic heterocycles. The standard InChI is InChI=1S/C29H29N3O2/c33-28(34)23-16-18-31(20-23)19-17-27-21-32(22-30-27)29(24-10-4-1-5-11-24,25-12-6-2-7-13-25)26-14-8-3-9-15-26/h1-15,21-23H,16-20H2,(H,33,34)/t23-/m0/s1. The SMILES string of the molecule is O=C(O)[C@H]1CCN(CCc2cn(C(c3ccccc3)(c3ccccc3)c3ccccc3)cn2)C1. The maximum absolute atomic E-state index is 11.3. The lowest BCUT2D eigenvalue weighted by atomic mass is 9.77. The Morgan fingerprint density at radius 2 is 1.41 bits per heavy atom. The van der Waals surface area contributed by atoms with Crippen molar-refractivity contribution < 1.29 is 9.90 Å². The summed E-state index contributed by atoms with van der Waals surface area (Å²) < 4.78 is 2.23. The fraction of sp³-hybridized carbons (Fsp3) is 0.241. The molecule has 1 aromatic heterocycles. The first-order valence-corrected chi connectivity index (χ1v) is 11.8. The van der Waals surface area contributed by atoms with Gasteiger partial charge in [0.25, 0.3) is 0 Å². The van der Waals surface area contributed by atoms with Crippen LogP contribution in [0.4, 0.5) is 0 Å². The minimum absolute atomic E-state index is 0.251. The molecule has 0 radical (unpaired) electrons. The van der Waals surface area contributed by atoms with Crippen LogP contribution in [-0.4, -0.2) is 45.2 Å². The molecule has 2 heterocycles. The lowest BCUT2D eigenvalue weighted by Crippen LogP contribution is -2.37. The summed E-state index contributed by atoms with van der Waals surface area (Å²) in [5.41, 5.74) is 3.95. The number of nitrogens with zero attached hydrogens (tertiary/aromatic N) is 3. The van der Waals surface area contributed by atoms with Crippen molar-refractivity contribution in [1.29, 1.82) is 0 Å². The van der Waals surface area contributed by atoms with E-state index in [1.165, 1.54) is 16.7 Å². The van der Waals surface area contributed by atoms with Gasteiger partial charge in [-0.25, -0.2) is 4.98 Å². The van der Waals surface area contributed by atoms with Gasteiger partial charge in [0.05, 0.1) is 17.9 Å². The van der Waals surface area contributed by atoms with Gasteiger partial charge in [-0.15, -0.1) is 0 Å². The Morgan fingerprint density at radius 1 is 0.882 bits per heavy atom. The molecule has 1 fully saturated rings. The number of carboxylic acid groups (broad SMARTS) is 1. The summed E-state index contributed by atoms with van der Waals surface area (Å²) in [6.45, 7) is 2.27. The second kappa shape index (κ2) is 9.65. The molecular weight excluding hydrogens is 422 g/mol. The van der Waals surface area contributed by atoms with Crippen LogP contribution in [0.25, 0.3) is 0 Å². The average Bonchev–Trinajstić information content (AvgIpc) is 3.56. The van der Waals surface area contributed by atoms with Crippen LogP contribution < -0.4 is 0 Å². The van der Waals surface area contributed by atoms with Gasteiger partial charge in [0.1, 0.15) is 5.54 Å². The van der Waals surface area contributed by atoms with Crippen LogP contribution in [0.5, 0.6) is 0 Å². The van der Waals surface area contributed by atoms with E-state index in [1.54, 1.807) is 0 Å². The molecule has 172 valence electrons. The van der Waals surface area contributed by atoms with Gasteiger partial charge in [0, 0.05) is 25.7 Å². The third kappa shape index (κ3) is 4.15. The van der Waals surface area contributed by atoms with E-state index in [-0.39, 0.29) is 5.92 Å². The second-order valence-corrected chi connectivity index (χ2v) is 8.96. The lowest BCUT2D eigenvalue weighted by Gasteiger charge is -2.37. The highest BCUT2D eigenvalue weighted by Crippen LogP contribution is 2.40. The quantitative estimate of drug-likeness (QED) is 0.396. The summed E-state index contributed by atoms with van der Waals surface area (Å²) in [6.07, 6.45) is 5.60. The highest BCUT2D eigenvalue weighted by molar-refractivity contribution is 5.70. The van der Waals surface area contributed by atoms with Gasteiger partial charge in [0.2, 0.25) is 0 Å². The number of carbonyl (C=O) groups is 1. The Labute approximate surface area is 200 Å². The maximum atomic E-state index is 11.3. The van der Waals surface area contributed by atoms with Crippen molar-refractivity contribution in [3.63, 3.8) is 0 Å². The topological polar surface area (TPSA) is 58.4 Å². The molecule has 1 aliphatic rings. The summed E-state index contributed by atoms with van der Waals surface area (Å²) in [7, 11) is 0. The van der Waals surface area contributed by atoms with E-state index < -0.39 is 11.5 Å². The molecular formula is C29H29N3O2. The van der Waals surface area contributed by atoms with Crippen molar-refractivity contribution in [2.45, 2.75) is 18.4 Å². The lowest BCUT2D eigenvalue weighted by molar-refractivity contribution is -0.141. The highest BCUT2D eigenvalue weighted by Gasteiger charge is 2.38. The Balaban J connectivity index is 1.53. The van der Waals surface area contributed by atoms with E-state index in [0.717, 1.165) is 31.6 Å². The van der Waals surface area contributed by atoms with Gasteiger partial charge in [0.15, 0.2) is 0 Å². The predicted molar refractivity (Wildman–Crippen MR) is 133 cm³/mol. The zero-order valence-electron chi connectivity index (χ0n) is 19.1. The molecule has 0 aliphatic carbocycles. The van der Waals surface area contributed by atoms with Crippen molar-refractivity contribution in [3.05, 3.63) is 126 Å². The third-order valence-electron chi connectivity index (χ3n) is 6.90. The fourth-order valence-corrected chi connectivity index (χ4v) is 5.17. The monoisotopic (exact) mass is 451 g/mol. The Hall–Kier alpha value is -3.70. The number of imidazole rings is 1. The molecule has 0 unspecified atom stereocenters. The summed E-state index contributed by atoms with van der Waals surface area (Å²) in [5, 5.41) is 9.29. The summed E-state index contributed by atoms with van der Waals surface area (Å²) in [6, 6.07) is 31.7. The first-order valence-electron chi connectivity index (χ1n) is 11.8. The first kappa shape index (κ1) is 22.1. The number of hydrogen-bond acceptors (Lipinski definition) is 3. The average molecular weight is 452 g/mol. The van der Waals surface area contributed by atoms with Gasteiger partial charge in [-0.3, -0.25) is 4.79 Å². The number of aromatic nitrogens is 2. The van der Waals surface area contributed by atoms with Crippen LogP contribution in [0.15, 0.2) is 104 Å². The van der Waals surface area contributed by atoms with Crippen LogP contribution in [-0.2, 0) is 16.8 Å². The van der Waals surface area contributed by atoms with Crippen LogP contribution in [0.2, 0.25) is 0 Å². The van der Waals surface area contributed by atoms with Crippen molar-refractivity contribution in [3.8, 4) is 0 Å². The molecule has 5 rings (SSSR count). The van der Waals surface area contributed by atoms with Crippen LogP contribution in [0, 0.1) is 5.92 Å². The third-order valence-corrected chi connectivity index (χ3v) is 6.90. The van der Waals surface area contributed by atoms with Gasteiger partial charge < -0.3 is 14.6 Å². The van der Waals surface area contributed by atoms with Gasteiger partial charge in [-0.1, -0.05) is 91.0 Å². The molecule has 0 bridgehead atoms. The Bertz CT molecular complexity index is 1130. The first-order chi connectivity index (χ1) is 16.7. The van der Waals surface area contributed by atoms with E-state index >= 15 is 0 Å². The van der Waals surface area contributed by atoms with E-state index in [4.69, 9.17) is 4.98 Å². The van der Waals surface area contributed by atoms with E-state index in [9.17, 15) is 9.90 Å². The fourth-order valence-electron chi connectivity index (χ4n) is 5.17. The molecule has 0 spiro atoms. The van der Waals surface area contributed by atoms with Gasteiger partial charge >= 0.3 is 5.97 Å². The van der Waals surface area contributed by atoms with Gasteiger partial charge in [-0.05, 0) is 29.7 Å². The molecule has 0 saturated carbocycles. The largest absolute Gasteiger partial charge is 0.481 e. The number of hydrogen-bond donors (Lipinski definition) is 1. The number of rotatable bonds is 8. The van der Waals surface area contributed by atoms with E-state index in [0.29, 0.717) is 6.54 Å². The van der Waals surface area contributed by atoms with Crippen molar-refractivity contribution >= 4 is 5.97 Å². The van der Waals surface area contributed by atoms with E-state index in [1.807, 2.05) is 24.5 Å². The number of benzene rings is 3. The molecule has 1 saturated heterocycles. The molecule has 34 heavy (non-hydrogen) atoms. The predicted octanol–water partition coefficient (Wildman–Crippen LogP) is 4.67. The zero-order chi connectivity index (χ0) is 23.4. The highest BCUT2D eigenvalue weighted by atomic mass is 16.4. The van der Waals surface area contributed by atoms with E-state index in [2.05, 4.69) is 88.5 Å². The smallest absolute Gasteiger partial charge is 0.307 e. The Kier molecular flexibility index (Phi) is 6.28. The van der Waals surface area contributed by atoms with Crippen LogP contribution in [0.3, 0.4) is 0 Å². The van der Waals surface area contributed by atoms with Crippen LogP contribution in [0.1, 0.15) is 28.8 Å². The van der Waals surface area contributed by atoms with Crippen molar-refractivity contribution in [2.24, 2.45) is 5.92 Å². The van der Waals surface area contributed by atoms with Crippen molar-refractivity contribution in [2.75, 3.05) is 19.6 Å². The molecule has 5 nitrogen and oxygen atoms in total. The molecule has 1 atom stereocenters. The number of likely N-dealkylation sites (tertiary alicyclic amines) is 1. The van der Waals surface area contributed by atoms with Crippen LogP contribution >= 0.6 is 0 Å². The summed E-state index contributed by atoms with van der Waals surface area (Å²) in [5.74, 6) is -0.940. The summed E-state index contributed by atoms with van der Waals surface area (Å²) in [4.78, 5) is 18.3. The number of aliphatic carboxylic acids is 1. The van der Waals surface area contributed by atoms with Crippen molar-refractivity contribution in [1.82, 2.24) is 14.5 Å². The minimum atomic E-state index is -0.690. The summed E-state index contributed by atoms with van der Waals surface area (Å²) >= 11 is 0. The molecule has 1 N–H and O–H groups in total. The zero-order valence-corrected chi connectivity index (χ0v) is 19.1. The molecule has 3 aromatic carbocycles. The number of carboxylic acids is 1. The molecule has 0 amide bonds. The Morgan fingerprint density at radius 3 is 1.88 bits per heavy atom. The minimum Gasteiger partial charge on any atom is -0.481 e. The molecule has 4 aromatic rings. The molecule has 5 heteroatoms. The second-order valence-electron chi connectivity index (χ2n) is 8.96. The van der Waals surface area contributed by atoms with Gasteiger partial charge in [-0.2, -0.15) is 0 Å².